The molecule has 1 aromatic rings. The molecule has 2 heterocycles. The van der Waals surface area contributed by atoms with Crippen LogP contribution in [0, 0.1) is 22.7 Å². The topological polar surface area (TPSA) is 76.4 Å². The van der Waals surface area contributed by atoms with Crippen LogP contribution in [0.3, 0.4) is 0 Å². The Kier molecular flexibility index (Phi) is 6.30. The van der Waals surface area contributed by atoms with Crippen molar-refractivity contribution in [3.05, 3.63) is 53.6 Å². The highest BCUT2D eigenvalue weighted by molar-refractivity contribution is 6.09. The van der Waals surface area contributed by atoms with Crippen LogP contribution >= 0.6 is 0 Å². The number of carbonyl (C=O) groups excluding carboxylic acids is 2. The van der Waals surface area contributed by atoms with E-state index in [4.69, 9.17) is 0 Å². The second kappa shape index (κ2) is 9.02. The predicted octanol–water partition coefficient (Wildman–Crippen LogP) is 3.25. The number of piperazine rings is 1. The molecule has 3 aliphatic rings. The first kappa shape index (κ1) is 23.1. The van der Waals surface area contributed by atoms with Gasteiger partial charge in [0.1, 0.15) is 6.07 Å². The Hall–Kier alpha value is -3.12. The number of unbranched alkanes of at least 4 members (excludes halogenated alkanes) is 1. The van der Waals surface area contributed by atoms with E-state index in [2.05, 4.69) is 10.2 Å². The lowest BCUT2D eigenvalue weighted by Gasteiger charge is -2.37. The molecule has 0 bridgehead atoms. The minimum atomic E-state index is -4.56. The van der Waals surface area contributed by atoms with Crippen LogP contribution in [0.5, 0.6) is 0 Å². The molecule has 0 aromatic heterocycles. The van der Waals surface area contributed by atoms with E-state index in [1.165, 1.54) is 6.07 Å². The maximum atomic E-state index is 13.2. The SMILES string of the molecule is N#Cc1c(N2CCN(CCCCC34C=CC=CC3C(=O)NC4=O)CC2)cccc1C(F)(F)F. The molecule has 2 amide bonds. The number of nitriles is 1. The fourth-order valence-corrected chi connectivity index (χ4v) is 5.00. The summed E-state index contributed by atoms with van der Waals surface area (Å²) in [7, 11) is 0. The summed E-state index contributed by atoms with van der Waals surface area (Å²) >= 11 is 0. The van der Waals surface area contributed by atoms with E-state index in [9.17, 15) is 28.0 Å². The third-order valence-corrected chi connectivity index (χ3v) is 6.79. The van der Waals surface area contributed by atoms with E-state index in [1.807, 2.05) is 17.1 Å². The number of rotatable bonds is 6. The Morgan fingerprint density at radius 1 is 1.12 bits per heavy atom. The summed E-state index contributed by atoms with van der Waals surface area (Å²) in [4.78, 5) is 28.6. The van der Waals surface area contributed by atoms with Crippen molar-refractivity contribution in [3.63, 3.8) is 0 Å². The predicted molar refractivity (Wildman–Crippen MR) is 116 cm³/mol. The largest absolute Gasteiger partial charge is 0.417 e. The number of hydrogen-bond donors (Lipinski definition) is 1. The summed E-state index contributed by atoms with van der Waals surface area (Å²) in [5, 5.41) is 11.8. The molecule has 174 valence electrons. The van der Waals surface area contributed by atoms with Crippen molar-refractivity contribution in [1.82, 2.24) is 10.2 Å². The van der Waals surface area contributed by atoms with E-state index in [0.717, 1.165) is 25.5 Å². The number of alkyl halides is 3. The highest BCUT2D eigenvalue weighted by Gasteiger charge is 2.52. The number of nitrogens with zero attached hydrogens (tertiary/aromatic N) is 3. The first-order chi connectivity index (χ1) is 15.8. The zero-order valence-electron chi connectivity index (χ0n) is 18.1. The fraction of sp³-hybridized carbons (Fsp3) is 0.458. The van der Waals surface area contributed by atoms with Crippen LogP contribution in [-0.4, -0.2) is 49.4 Å². The van der Waals surface area contributed by atoms with Gasteiger partial charge in [0.25, 0.3) is 0 Å². The first-order valence-corrected chi connectivity index (χ1v) is 11.1. The molecule has 1 aromatic carbocycles. The van der Waals surface area contributed by atoms with E-state index in [1.54, 1.807) is 24.3 Å². The van der Waals surface area contributed by atoms with Gasteiger partial charge in [-0.05, 0) is 31.5 Å². The molecule has 1 aliphatic carbocycles. The second-order valence-corrected chi connectivity index (χ2v) is 8.68. The molecule has 6 nitrogen and oxygen atoms in total. The number of benzene rings is 1. The molecule has 0 saturated carbocycles. The minimum Gasteiger partial charge on any atom is -0.368 e. The van der Waals surface area contributed by atoms with Gasteiger partial charge >= 0.3 is 6.18 Å². The van der Waals surface area contributed by atoms with Gasteiger partial charge in [-0.3, -0.25) is 19.8 Å². The van der Waals surface area contributed by atoms with Gasteiger partial charge in [-0.2, -0.15) is 18.4 Å². The van der Waals surface area contributed by atoms with Crippen LogP contribution in [0.4, 0.5) is 18.9 Å². The number of carbonyl (C=O) groups is 2. The zero-order chi connectivity index (χ0) is 23.6. The number of anilines is 1. The summed E-state index contributed by atoms with van der Waals surface area (Å²) < 4.78 is 39.7. The Morgan fingerprint density at radius 3 is 2.58 bits per heavy atom. The van der Waals surface area contributed by atoms with E-state index >= 15 is 0 Å². The van der Waals surface area contributed by atoms with Crippen molar-refractivity contribution in [2.24, 2.45) is 11.3 Å². The average Bonchev–Trinajstić information content (AvgIpc) is 3.06. The van der Waals surface area contributed by atoms with Gasteiger partial charge in [-0.1, -0.05) is 36.8 Å². The smallest absolute Gasteiger partial charge is 0.368 e. The fourth-order valence-electron chi connectivity index (χ4n) is 5.00. The van der Waals surface area contributed by atoms with Gasteiger partial charge in [-0.25, -0.2) is 0 Å². The Balaban J connectivity index is 1.29. The van der Waals surface area contributed by atoms with Crippen LogP contribution < -0.4 is 10.2 Å². The summed E-state index contributed by atoms with van der Waals surface area (Å²) in [6, 6.07) is 5.59. The quantitative estimate of drug-likeness (QED) is 0.523. The molecule has 33 heavy (non-hydrogen) atoms. The highest BCUT2D eigenvalue weighted by atomic mass is 19.4. The minimum absolute atomic E-state index is 0.235. The van der Waals surface area contributed by atoms with Gasteiger partial charge in [-0.15, -0.1) is 0 Å². The molecule has 0 spiro atoms. The third-order valence-electron chi connectivity index (χ3n) is 6.79. The van der Waals surface area contributed by atoms with Crippen molar-refractivity contribution < 1.29 is 22.8 Å². The lowest BCUT2D eigenvalue weighted by atomic mass is 9.71. The van der Waals surface area contributed by atoms with Gasteiger partial charge in [0.2, 0.25) is 11.8 Å². The van der Waals surface area contributed by atoms with Gasteiger partial charge in [0.15, 0.2) is 0 Å². The molecule has 9 heteroatoms. The number of amides is 2. The van der Waals surface area contributed by atoms with E-state index < -0.39 is 23.1 Å². The Labute approximate surface area is 190 Å². The van der Waals surface area contributed by atoms with Gasteiger partial charge in [0, 0.05) is 26.2 Å². The highest BCUT2D eigenvalue weighted by Crippen LogP contribution is 2.42. The van der Waals surface area contributed by atoms with Crippen LogP contribution in [0.2, 0.25) is 0 Å². The molecule has 2 atom stereocenters. The summed E-state index contributed by atoms with van der Waals surface area (Å²) in [5.41, 5.74) is -1.69. The van der Waals surface area contributed by atoms with Crippen LogP contribution in [-0.2, 0) is 15.8 Å². The first-order valence-electron chi connectivity index (χ1n) is 11.1. The molecule has 0 radical (unpaired) electrons. The molecule has 2 saturated heterocycles. The van der Waals surface area contributed by atoms with E-state index in [-0.39, 0.29) is 17.4 Å². The van der Waals surface area contributed by atoms with Crippen molar-refractivity contribution >= 4 is 17.5 Å². The van der Waals surface area contributed by atoms with Gasteiger partial charge in [0.05, 0.1) is 28.1 Å². The van der Waals surface area contributed by atoms with Crippen LogP contribution in [0.1, 0.15) is 30.4 Å². The van der Waals surface area contributed by atoms with E-state index in [0.29, 0.717) is 38.3 Å². The van der Waals surface area contributed by atoms with Crippen molar-refractivity contribution in [1.29, 1.82) is 5.26 Å². The van der Waals surface area contributed by atoms with Crippen LogP contribution in [0.15, 0.2) is 42.5 Å². The molecule has 4 rings (SSSR count). The molecular formula is C24H25F3N4O2. The molecule has 2 unspecified atom stereocenters. The second-order valence-electron chi connectivity index (χ2n) is 8.68. The summed E-state index contributed by atoms with van der Waals surface area (Å²) in [6.45, 7) is 3.23. The standard InChI is InChI=1S/C24H25F3N4O2/c25-24(26,27)18-7-5-8-20(17(18)16-28)31-14-12-30(13-15-31)11-4-3-10-23-9-2-1-6-19(23)21(32)29-22(23)33/h1-2,5-9,19H,3-4,10-15H2,(H,29,32,33). The number of halogens is 3. The Morgan fingerprint density at radius 2 is 1.88 bits per heavy atom. The monoisotopic (exact) mass is 458 g/mol. The molecular weight excluding hydrogens is 433 g/mol. The maximum absolute atomic E-state index is 13.2. The number of imide groups is 1. The number of nitrogens with one attached hydrogen (secondary N) is 1. The average molecular weight is 458 g/mol. The number of fused-ring (bicyclic) bond motifs is 1. The van der Waals surface area contributed by atoms with Crippen molar-refractivity contribution in [3.8, 4) is 6.07 Å². The maximum Gasteiger partial charge on any atom is 0.417 e. The van der Waals surface area contributed by atoms with Gasteiger partial charge < -0.3 is 4.90 Å². The molecule has 2 fully saturated rings. The number of allylic oxidation sites excluding steroid dienone is 2. The summed E-state index contributed by atoms with van der Waals surface area (Å²) in [5.74, 6) is -0.926. The normalized spacial score (nSPS) is 25.2. The number of hydrogen-bond acceptors (Lipinski definition) is 5. The van der Waals surface area contributed by atoms with Crippen LogP contribution in [0.25, 0.3) is 0 Å². The molecule has 2 aliphatic heterocycles. The van der Waals surface area contributed by atoms with Crippen molar-refractivity contribution in [2.45, 2.75) is 25.4 Å². The lowest BCUT2D eigenvalue weighted by molar-refractivity contribution is -0.137. The summed E-state index contributed by atoms with van der Waals surface area (Å²) in [6.07, 6.45) is 4.88. The molecule has 1 N–H and O–H groups in total. The van der Waals surface area contributed by atoms with Crippen molar-refractivity contribution in [2.75, 3.05) is 37.6 Å². The third kappa shape index (κ3) is 4.40. The zero-order valence-corrected chi connectivity index (χ0v) is 18.1. The lowest BCUT2D eigenvalue weighted by Crippen LogP contribution is -2.47. The Bertz CT molecular complexity index is 1040.